The Labute approximate surface area is 145 Å². The first-order valence-corrected chi connectivity index (χ1v) is 8.47. The van der Waals surface area contributed by atoms with E-state index in [9.17, 15) is 9.59 Å². The van der Waals surface area contributed by atoms with Crippen LogP contribution in [0.5, 0.6) is 5.75 Å². The van der Waals surface area contributed by atoms with Gasteiger partial charge in [0.25, 0.3) is 5.91 Å². The molecule has 1 aliphatic rings. The van der Waals surface area contributed by atoms with Crippen LogP contribution in [0.15, 0.2) is 27.4 Å². The van der Waals surface area contributed by atoms with Crippen LogP contribution in [0.1, 0.15) is 25.3 Å². The van der Waals surface area contributed by atoms with Crippen molar-refractivity contribution < 1.29 is 13.9 Å². The van der Waals surface area contributed by atoms with Gasteiger partial charge in [-0.1, -0.05) is 18.5 Å². The van der Waals surface area contributed by atoms with Crippen LogP contribution in [0.4, 0.5) is 0 Å². The molecule has 0 aliphatic carbocycles. The number of likely N-dealkylation sites (tertiary alicyclic amines) is 1. The lowest BCUT2D eigenvalue weighted by Gasteiger charge is -2.30. The number of hydrogen-bond donors (Lipinski definition) is 0. The monoisotopic (exact) mass is 349 g/mol. The number of halogens is 1. The van der Waals surface area contributed by atoms with Crippen molar-refractivity contribution in [2.45, 2.75) is 26.7 Å². The van der Waals surface area contributed by atoms with E-state index in [0.717, 1.165) is 31.3 Å². The highest BCUT2D eigenvalue weighted by atomic mass is 35.5. The normalized spacial score (nSPS) is 18.0. The van der Waals surface area contributed by atoms with Gasteiger partial charge in [0.1, 0.15) is 16.4 Å². The molecule has 1 aliphatic heterocycles. The van der Waals surface area contributed by atoms with Gasteiger partial charge in [-0.25, -0.2) is 4.79 Å². The molecule has 2 aromatic rings. The van der Waals surface area contributed by atoms with Gasteiger partial charge in [0, 0.05) is 24.5 Å². The third-order valence-corrected chi connectivity index (χ3v) is 4.88. The highest BCUT2D eigenvalue weighted by molar-refractivity contribution is 6.31. The average Bonchev–Trinajstić information content (AvgIpc) is 2.57. The predicted molar refractivity (Wildman–Crippen MR) is 92.7 cm³/mol. The second-order valence-electron chi connectivity index (χ2n) is 6.36. The Hall–Kier alpha value is -2.01. The maximum atomic E-state index is 12.2. The minimum Gasteiger partial charge on any atom is -0.484 e. The van der Waals surface area contributed by atoms with E-state index in [2.05, 4.69) is 6.92 Å². The second kappa shape index (κ2) is 6.85. The Balaban J connectivity index is 1.73. The number of piperidine rings is 1. The minimum absolute atomic E-state index is 0.0182. The Morgan fingerprint density at radius 3 is 3.00 bits per heavy atom. The van der Waals surface area contributed by atoms with Gasteiger partial charge >= 0.3 is 5.63 Å². The fraction of sp³-hybridized carbons (Fsp3) is 0.444. The zero-order valence-corrected chi connectivity index (χ0v) is 14.6. The smallest absolute Gasteiger partial charge is 0.355 e. The number of hydrogen-bond acceptors (Lipinski definition) is 4. The number of aryl methyl sites for hydroxylation is 1. The van der Waals surface area contributed by atoms with Crippen LogP contribution in [0.2, 0.25) is 5.02 Å². The van der Waals surface area contributed by atoms with Crippen molar-refractivity contribution >= 4 is 28.5 Å². The fourth-order valence-corrected chi connectivity index (χ4v) is 3.20. The molecule has 0 unspecified atom stereocenters. The molecule has 2 heterocycles. The number of carbonyl (C=O) groups is 1. The summed E-state index contributed by atoms with van der Waals surface area (Å²) in [6.07, 6.45) is 2.20. The van der Waals surface area contributed by atoms with Gasteiger partial charge in [0.15, 0.2) is 6.61 Å². The van der Waals surface area contributed by atoms with Gasteiger partial charge in [0.2, 0.25) is 0 Å². The molecule has 1 fully saturated rings. The number of ether oxygens (including phenoxy) is 1. The van der Waals surface area contributed by atoms with Gasteiger partial charge in [-0.3, -0.25) is 4.79 Å². The molecule has 3 rings (SSSR count). The number of benzene rings is 1. The van der Waals surface area contributed by atoms with Crippen molar-refractivity contribution in [1.29, 1.82) is 0 Å². The van der Waals surface area contributed by atoms with Crippen molar-refractivity contribution in [2.24, 2.45) is 5.92 Å². The van der Waals surface area contributed by atoms with E-state index in [1.807, 2.05) is 4.90 Å². The van der Waals surface area contributed by atoms with Gasteiger partial charge in [0.05, 0.1) is 0 Å². The largest absolute Gasteiger partial charge is 0.484 e. The number of carbonyl (C=O) groups excluding carboxylic acids is 1. The van der Waals surface area contributed by atoms with Crippen molar-refractivity contribution in [3.8, 4) is 5.75 Å². The summed E-state index contributed by atoms with van der Waals surface area (Å²) < 4.78 is 10.8. The van der Waals surface area contributed by atoms with Gasteiger partial charge in [-0.15, -0.1) is 0 Å². The van der Waals surface area contributed by atoms with Crippen LogP contribution < -0.4 is 10.4 Å². The Morgan fingerprint density at radius 2 is 2.25 bits per heavy atom. The van der Waals surface area contributed by atoms with E-state index in [-0.39, 0.29) is 17.5 Å². The number of rotatable bonds is 3. The van der Waals surface area contributed by atoms with Crippen LogP contribution in [-0.4, -0.2) is 30.5 Å². The summed E-state index contributed by atoms with van der Waals surface area (Å²) in [7, 11) is 0. The highest BCUT2D eigenvalue weighted by Gasteiger charge is 2.21. The number of nitrogens with zero attached hydrogens (tertiary/aromatic N) is 1. The van der Waals surface area contributed by atoms with Crippen LogP contribution >= 0.6 is 11.6 Å². The zero-order chi connectivity index (χ0) is 17.3. The van der Waals surface area contributed by atoms with E-state index >= 15 is 0 Å². The van der Waals surface area contributed by atoms with Crippen molar-refractivity contribution in [2.75, 3.05) is 19.7 Å². The molecule has 0 N–H and O–H groups in total. The molecule has 128 valence electrons. The Kier molecular flexibility index (Phi) is 4.81. The molecule has 6 heteroatoms. The SMILES string of the molecule is Cc1c(Cl)c(=O)oc2cc(OCC(=O)N3CCC[C@H](C)C3)ccc12. The van der Waals surface area contributed by atoms with Crippen molar-refractivity contribution in [1.82, 2.24) is 4.90 Å². The molecule has 1 aromatic carbocycles. The quantitative estimate of drug-likeness (QED) is 0.797. The summed E-state index contributed by atoms with van der Waals surface area (Å²) in [5, 5.41) is 0.841. The first kappa shape index (κ1) is 16.8. The van der Waals surface area contributed by atoms with Crippen LogP contribution in [0.3, 0.4) is 0 Å². The molecule has 0 radical (unpaired) electrons. The van der Waals surface area contributed by atoms with E-state index in [4.69, 9.17) is 20.8 Å². The maximum Gasteiger partial charge on any atom is 0.355 e. The van der Waals surface area contributed by atoms with E-state index < -0.39 is 5.63 Å². The maximum absolute atomic E-state index is 12.2. The molecular formula is C18H20ClNO4. The van der Waals surface area contributed by atoms with Gasteiger partial charge < -0.3 is 14.1 Å². The van der Waals surface area contributed by atoms with Gasteiger partial charge in [-0.2, -0.15) is 0 Å². The summed E-state index contributed by atoms with van der Waals surface area (Å²) in [5.74, 6) is 1.01. The Morgan fingerprint density at radius 1 is 1.46 bits per heavy atom. The topological polar surface area (TPSA) is 59.8 Å². The van der Waals surface area contributed by atoms with E-state index in [1.165, 1.54) is 0 Å². The van der Waals surface area contributed by atoms with Crippen molar-refractivity contribution in [3.63, 3.8) is 0 Å². The molecule has 0 saturated carbocycles. The van der Waals surface area contributed by atoms with Gasteiger partial charge in [-0.05, 0) is 43.4 Å². The predicted octanol–water partition coefficient (Wildman–Crippen LogP) is 3.39. The van der Waals surface area contributed by atoms with Crippen LogP contribution in [-0.2, 0) is 4.79 Å². The van der Waals surface area contributed by atoms with Crippen LogP contribution in [0, 0.1) is 12.8 Å². The third kappa shape index (κ3) is 3.41. The lowest BCUT2D eigenvalue weighted by molar-refractivity contribution is -0.135. The summed E-state index contributed by atoms with van der Waals surface area (Å²) in [6, 6.07) is 5.15. The molecule has 24 heavy (non-hydrogen) atoms. The summed E-state index contributed by atoms with van der Waals surface area (Å²) >= 11 is 5.91. The molecule has 1 saturated heterocycles. The molecular weight excluding hydrogens is 330 g/mol. The lowest BCUT2D eigenvalue weighted by atomic mass is 10.0. The minimum atomic E-state index is -0.572. The second-order valence-corrected chi connectivity index (χ2v) is 6.74. The number of amides is 1. The van der Waals surface area contributed by atoms with Crippen LogP contribution in [0.25, 0.3) is 11.0 Å². The molecule has 1 aromatic heterocycles. The first-order chi connectivity index (χ1) is 11.5. The molecule has 0 spiro atoms. The average molecular weight is 350 g/mol. The molecule has 0 bridgehead atoms. The fourth-order valence-electron chi connectivity index (χ4n) is 3.05. The molecule has 1 amide bonds. The number of fused-ring (bicyclic) bond motifs is 1. The Bertz CT molecular complexity index is 830. The summed E-state index contributed by atoms with van der Waals surface area (Å²) in [4.78, 5) is 25.8. The van der Waals surface area contributed by atoms with Crippen molar-refractivity contribution in [3.05, 3.63) is 39.2 Å². The third-order valence-electron chi connectivity index (χ3n) is 4.44. The molecule has 1 atom stereocenters. The molecule has 5 nitrogen and oxygen atoms in total. The summed E-state index contributed by atoms with van der Waals surface area (Å²) in [6.45, 7) is 5.47. The standard InChI is InChI=1S/C18H20ClNO4/c1-11-4-3-7-20(9-11)16(21)10-23-13-5-6-14-12(2)17(19)18(22)24-15(14)8-13/h5-6,8,11H,3-4,7,9-10H2,1-2H3/t11-/m0/s1. The summed E-state index contributed by atoms with van der Waals surface area (Å²) in [5.41, 5.74) is 0.503. The lowest BCUT2D eigenvalue weighted by Crippen LogP contribution is -2.41. The zero-order valence-electron chi connectivity index (χ0n) is 13.8. The first-order valence-electron chi connectivity index (χ1n) is 8.09. The van der Waals surface area contributed by atoms with E-state index in [1.54, 1.807) is 25.1 Å². The van der Waals surface area contributed by atoms with E-state index in [0.29, 0.717) is 22.8 Å². The highest BCUT2D eigenvalue weighted by Crippen LogP contribution is 2.26.